The summed E-state index contributed by atoms with van der Waals surface area (Å²) in [7, 11) is 3.10. The fourth-order valence-corrected chi connectivity index (χ4v) is 4.71. The molecule has 0 fully saturated rings. The number of likely N-dealkylation sites (N-methyl/N-ethyl adjacent to an activating group) is 1. The highest BCUT2D eigenvalue weighted by Crippen LogP contribution is 2.35. The van der Waals surface area contributed by atoms with E-state index in [1.165, 1.54) is 23.2 Å². The van der Waals surface area contributed by atoms with Crippen LogP contribution in [-0.2, 0) is 20.9 Å². The summed E-state index contributed by atoms with van der Waals surface area (Å²) in [6.07, 6.45) is 4.27. The number of aromatic nitrogens is 2. The van der Waals surface area contributed by atoms with Gasteiger partial charge in [0.05, 0.1) is 23.9 Å². The van der Waals surface area contributed by atoms with E-state index in [0.29, 0.717) is 40.7 Å². The predicted octanol–water partition coefficient (Wildman–Crippen LogP) is 4.99. The van der Waals surface area contributed by atoms with Crippen molar-refractivity contribution in [2.24, 2.45) is 0 Å². The maximum absolute atomic E-state index is 12.9. The molecule has 4 aromatic rings. The molecule has 0 atom stereocenters. The summed E-state index contributed by atoms with van der Waals surface area (Å²) in [6.45, 7) is 2.45. The zero-order chi connectivity index (χ0) is 31.6. The highest BCUT2D eigenvalue weighted by atomic mass is 35.5. The molecule has 0 aliphatic rings. The van der Waals surface area contributed by atoms with Gasteiger partial charge in [-0.05, 0) is 48.9 Å². The fourth-order valence-electron chi connectivity index (χ4n) is 4.10. The van der Waals surface area contributed by atoms with Gasteiger partial charge in [-0.3, -0.25) is 19.4 Å². The van der Waals surface area contributed by atoms with Crippen molar-refractivity contribution in [2.75, 3.05) is 38.8 Å². The lowest BCUT2D eigenvalue weighted by Crippen LogP contribution is -2.37. The molecule has 0 bridgehead atoms. The third-order valence-electron chi connectivity index (χ3n) is 6.55. The number of hydrogen-bond acceptors (Lipinski definition) is 7. The molecule has 0 saturated carbocycles. The van der Waals surface area contributed by atoms with Gasteiger partial charge in [0.15, 0.2) is 0 Å². The average Bonchev–Trinajstić information content (AvgIpc) is 3.02. The van der Waals surface area contributed by atoms with Gasteiger partial charge >= 0.3 is 0 Å². The quantitative estimate of drug-likeness (QED) is 0.166. The van der Waals surface area contributed by atoms with Crippen LogP contribution in [0.5, 0.6) is 5.75 Å². The Kier molecular flexibility index (Phi) is 11.3. The molecule has 3 amide bonds. The van der Waals surface area contributed by atoms with Crippen LogP contribution in [0.1, 0.15) is 27.3 Å². The number of amides is 3. The molecule has 4 rings (SSSR count). The van der Waals surface area contributed by atoms with E-state index in [2.05, 4.69) is 20.6 Å². The Balaban J connectivity index is 1.34. The summed E-state index contributed by atoms with van der Waals surface area (Å²) in [5.41, 5.74) is 3.35. The number of carbonyl (C=O) groups is 3. The Bertz CT molecular complexity index is 1700. The summed E-state index contributed by atoms with van der Waals surface area (Å²) < 4.78 is 11.0. The van der Waals surface area contributed by atoms with E-state index in [4.69, 9.17) is 32.7 Å². The smallest absolute Gasteiger partial charge is 0.269 e. The van der Waals surface area contributed by atoms with Gasteiger partial charge in [-0.1, -0.05) is 47.5 Å². The van der Waals surface area contributed by atoms with Crippen LogP contribution in [0.15, 0.2) is 66.9 Å². The van der Waals surface area contributed by atoms with E-state index >= 15 is 0 Å². The van der Waals surface area contributed by atoms with Crippen LogP contribution in [0.3, 0.4) is 0 Å². The number of anilines is 1. The number of methoxy groups -OCH3 is 1. The van der Waals surface area contributed by atoms with Crippen molar-refractivity contribution in [3.05, 3.63) is 99.4 Å². The van der Waals surface area contributed by atoms with Crippen LogP contribution in [0.2, 0.25) is 10.0 Å². The van der Waals surface area contributed by atoms with Crippen molar-refractivity contribution in [2.45, 2.75) is 13.5 Å². The summed E-state index contributed by atoms with van der Waals surface area (Å²) in [5.74, 6) is -0.625. The first-order valence-corrected chi connectivity index (χ1v) is 14.3. The Morgan fingerprint density at radius 3 is 2.59 bits per heavy atom. The second-order valence-corrected chi connectivity index (χ2v) is 10.4. The van der Waals surface area contributed by atoms with Crippen molar-refractivity contribution in [3.8, 4) is 5.75 Å². The minimum Gasteiger partial charge on any atom is -0.487 e. The Hall–Kier alpha value is -4.51. The first-order chi connectivity index (χ1) is 21.2. The first kappa shape index (κ1) is 32.4. The third-order valence-corrected chi connectivity index (χ3v) is 7.32. The minimum atomic E-state index is -0.483. The molecule has 0 aliphatic carbocycles. The molecular weight excluding hydrogens is 605 g/mol. The Labute approximate surface area is 265 Å². The molecular formula is C32H31Cl2N5O5. The van der Waals surface area contributed by atoms with E-state index in [-0.39, 0.29) is 29.8 Å². The van der Waals surface area contributed by atoms with Crippen LogP contribution >= 0.6 is 23.2 Å². The number of ether oxygens (including phenoxy) is 2. The number of nitrogens with zero attached hydrogens (tertiary/aromatic N) is 3. The number of fused-ring (bicyclic) bond motifs is 1. The number of pyridine rings is 2. The molecule has 0 unspecified atom stereocenters. The second kappa shape index (κ2) is 15.3. The number of benzene rings is 2. The molecule has 2 heterocycles. The lowest BCUT2D eigenvalue weighted by molar-refractivity contribution is -0.122. The monoisotopic (exact) mass is 635 g/mol. The van der Waals surface area contributed by atoms with Crippen LogP contribution in [-0.4, -0.2) is 61.5 Å². The van der Waals surface area contributed by atoms with E-state index in [1.807, 2.05) is 37.3 Å². The molecule has 2 aromatic carbocycles. The van der Waals surface area contributed by atoms with Crippen LogP contribution in [0.4, 0.5) is 5.69 Å². The van der Waals surface area contributed by atoms with E-state index in [9.17, 15) is 14.4 Å². The zero-order valence-corrected chi connectivity index (χ0v) is 25.9. The lowest BCUT2D eigenvalue weighted by atomic mass is 10.1. The number of aryl methyl sites for hydroxylation is 1. The summed E-state index contributed by atoms with van der Waals surface area (Å²) in [5, 5.41) is 6.82. The number of para-hydroxylation sites is 1. The predicted molar refractivity (Wildman–Crippen MR) is 171 cm³/mol. The highest BCUT2D eigenvalue weighted by Gasteiger charge is 2.19. The van der Waals surface area contributed by atoms with Crippen molar-refractivity contribution >= 4 is 63.6 Å². The molecule has 44 heavy (non-hydrogen) atoms. The van der Waals surface area contributed by atoms with Crippen molar-refractivity contribution in [3.63, 3.8) is 0 Å². The first-order valence-electron chi connectivity index (χ1n) is 13.6. The van der Waals surface area contributed by atoms with Gasteiger partial charge in [-0.25, -0.2) is 4.98 Å². The SMILES string of the molecule is COCCNC(=O)c1ccc(/C=C/C(=O)NCC(=O)N(C)c2ccc(Cl)c(COc3cccc4ccc(C)nc34)c2Cl)cn1. The van der Waals surface area contributed by atoms with Crippen LogP contribution in [0, 0.1) is 6.92 Å². The maximum Gasteiger partial charge on any atom is 0.269 e. The van der Waals surface area contributed by atoms with Crippen molar-refractivity contribution in [1.82, 2.24) is 20.6 Å². The summed E-state index contributed by atoms with van der Waals surface area (Å²) in [4.78, 5) is 47.4. The second-order valence-electron chi connectivity index (χ2n) is 9.66. The van der Waals surface area contributed by atoms with Gasteiger partial charge in [0.25, 0.3) is 5.91 Å². The Morgan fingerprint density at radius 2 is 1.84 bits per heavy atom. The fraction of sp³-hybridized carbons (Fsp3) is 0.219. The van der Waals surface area contributed by atoms with E-state index in [1.54, 1.807) is 38.4 Å². The zero-order valence-electron chi connectivity index (χ0n) is 24.4. The van der Waals surface area contributed by atoms with E-state index in [0.717, 1.165) is 16.6 Å². The number of hydrogen-bond donors (Lipinski definition) is 2. The number of halogens is 2. The summed E-state index contributed by atoms with van der Waals surface area (Å²) in [6, 6.07) is 16.0. The Morgan fingerprint density at radius 1 is 1.02 bits per heavy atom. The molecule has 0 spiro atoms. The standard InChI is InChI=1S/C32H31Cl2N5O5/c1-20-7-10-22-5-4-6-27(31(22)38-20)44-19-23-24(33)11-13-26(30(23)34)39(2)29(41)18-37-28(40)14-9-21-8-12-25(36-17-21)32(42)35-15-16-43-3/h4-14,17H,15-16,18-19H2,1-3H3,(H,35,42)(H,37,40)/b14-9+. The largest absolute Gasteiger partial charge is 0.487 e. The lowest BCUT2D eigenvalue weighted by Gasteiger charge is -2.21. The van der Waals surface area contributed by atoms with Crippen LogP contribution in [0.25, 0.3) is 17.0 Å². The molecule has 2 aromatic heterocycles. The van der Waals surface area contributed by atoms with Gasteiger partial charge in [-0.15, -0.1) is 0 Å². The summed E-state index contributed by atoms with van der Waals surface area (Å²) >= 11 is 13.2. The molecule has 2 N–H and O–H groups in total. The minimum absolute atomic E-state index is 0.0537. The molecule has 0 saturated heterocycles. The van der Waals surface area contributed by atoms with Gasteiger partial charge in [-0.2, -0.15) is 0 Å². The van der Waals surface area contributed by atoms with Gasteiger partial charge < -0.3 is 25.0 Å². The van der Waals surface area contributed by atoms with Gasteiger partial charge in [0, 0.05) is 54.6 Å². The third kappa shape index (κ3) is 8.31. The molecule has 228 valence electrons. The van der Waals surface area contributed by atoms with Gasteiger partial charge in [0.2, 0.25) is 11.8 Å². The number of rotatable bonds is 12. The highest BCUT2D eigenvalue weighted by molar-refractivity contribution is 6.38. The van der Waals surface area contributed by atoms with Gasteiger partial charge in [0.1, 0.15) is 23.6 Å². The van der Waals surface area contributed by atoms with Crippen molar-refractivity contribution in [1.29, 1.82) is 0 Å². The molecule has 10 nitrogen and oxygen atoms in total. The topological polar surface area (TPSA) is 123 Å². The van der Waals surface area contributed by atoms with Crippen LogP contribution < -0.4 is 20.3 Å². The number of nitrogens with one attached hydrogen (secondary N) is 2. The molecule has 0 aliphatic heterocycles. The maximum atomic E-state index is 12.9. The molecule has 0 radical (unpaired) electrons. The normalized spacial score (nSPS) is 11.0. The van der Waals surface area contributed by atoms with Crippen molar-refractivity contribution < 1.29 is 23.9 Å². The van der Waals surface area contributed by atoms with E-state index < -0.39 is 11.8 Å². The molecule has 12 heteroatoms. The average molecular weight is 637 g/mol. The number of carbonyl (C=O) groups excluding carboxylic acids is 3.